The van der Waals surface area contributed by atoms with E-state index in [4.69, 9.17) is 10.7 Å². The van der Waals surface area contributed by atoms with Crippen LogP contribution in [-0.4, -0.2) is 63.4 Å². The fourth-order valence-corrected chi connectivity index (χ4v) is 5.41. The molecular formula is C33H34N8O2. The Labute approximate surface area is 250 Å². The van der Waals surface area contributed by atoms with E-state index in [0.29, 0.717) is 28.6 Å². The summed E-state index contributed by atoms with van der Waals surface area (Å²) in [6, 6.07) is 24.8. The van der Waals surface area contributed by atoms with Crippen molar-refractivity contribution in [1.29, 1.82) is 0 Å². The van der Waals surface area contributed by atoms with Crippen LogP contribution < -0.4 is 21.5 Å². The summed E-state index contributed by atoms with van der Waals surface area (Å²) >= 11 is 0. The number of aromatic nitrogens is 4. The molecule has 1 saturated heterocycles. The second-order valence-electron chi connectivity index (χ2n) is 10.8. The van der Waals surface area contributed by atoms with E-state index in [-0.39, 0.29) is 11.1 Å². The largest absolute Gasteiger partial charge is 0.382 e. The van der Waals surface area contributed by atoms with Gasteiger partial charge in [0.25, 0.3) is 11.5 Å². The Morgan fingerprint density at radius 1 is 0.860 bits per heavy atom. The molecule has 2 aromatic heterocycles. The summed E-state index contributed by atoms with van der Waals surface area (Å²) in [5.41, 5.74) is 12.0. The van der Waals surface area contributed by atoms with Crippen LogP contribution in [0.5, 0.6) is 0 Å². The molecule has 0 spiro atoms. The molecule has 3 aromatic carbocycles. The average molecular weight is 575 g/mol. The number of likely N-dealkylation sites (N-methyl/N-ethyl adjacent to an activating group) is 1. The molecule has 10 nitrogen and oxygen atoms in total. The van der Waals surface area contributed by atoms with Crippen molar-refractivity contribution in [3.8, 4) is 28.2 Å². The first-order valence-corrected chi connectivity index (χ1v) is 14.2. The summed E-state index contributed by atoms with van der Waals surface area (Å²) in [4.78, 5) is 40.5. The molecule has 10 heteroatoms. The van der Waals surface area contributed by atoms with Crippen LogP contribution in [0.2, 0.25) is 0 Å². The first-order valence-electron chi connectivity index (χ1n) is 14.2. The number of nitrogens with one attached hydrogen (secondary N) is 1. The zero-order valence-corrected chi connectivity index (χ0v) is 24.5. The summed E-state index contributed by atoms with van der Waals surface area (Å²) in [6.45, 7) is 5.78. The lowest BCUT2D eigenvalue weighted by molar-refractivity contribution is 0.102. The Kier molecular flexibility index (Phi) is 7.52. The molecule has 1 fully saturated rings. The SMILES string of the molecule is Cc1c(C(=O)Nc2ccc(-c3nc(-c4cccc(N5CCN(C)CC5)c4)cnc3N)cc2)c(=O)n(-c2ccccc2)n1C. The van der Waals surface area contributed by atoms with Crippen LogP contribution in [0.3, 0.4) is 0 Å². The highest BCUT2D eigenvalue weighted by Crippen LogP contribution is 2.29. The van der Waals surface area contributed by atoms with Crippen molar-refractivity contribution in [3.05, 3.63) is 107 Å². The molecule has 0 unspecified atom stereocenters. The molecule has 6 rings (SSSR count). The molecule has 1 amide bonds. The zero-order chi connectivity index (χ0) is 30.1. The predicted molar refractivity (Wildman–Crippen MR) is 171 cm³/mol. The molecule has 3 N–H and O–H groups in total. The molecule has 0 atom stereocenters. The number of rotatable bonds is 6. The van der Waals surface area contributed by atoms with Crippen LogP contribution in [0.25, 0.3) is 28.2 Å². The fourth-order valence-electron chi connectivity index (χ4n) is 5.41. The maximum Gasteiger partial charge on any atom is 0.284 e. The molecule has 0 aliphatic carbocycles. The summed E-state index contributed by atoms with van der Waals surface area (Å²) in [7, 11) is 3.91. The number of amides is 1. The lowest BCUT2D eigenvalue weighted by atomic mass is 10.1. The van der Waals surface area contributed by atoms with Crippen molar-refractivity contribution >= 4 is 23.1 Å². The predicted octanol–water partition coefficient (Wildman–Crippen LogP) is 4.19. The third-order valence-electron chi connectivity index (χ3n) is 8.01. The van der Waals surface area contributed by atoms with E-state index < -0.39 is 5.91 Å². The number of para-hydroxylation sites is 1. The summed E-state index contributed by atoms with van der Waals surface area (Å²) in [5, 5.41) is 2.86. The first-order chi connectivity index (χ1) is 20.8. The number of carbonyl (C=O) groups excluding carboxylic acids is 1. The normalized spacial score (nSPS) is 13.7. The van der Waals surface area contributed by atoms with Crippen LogP contribution in [0.15, 0.2) is 89.9 Å². The second-order valence-corrected chi connectivity index (χ2v) is 10.8. The molecule has 5 aromatic rings. The Bertz CT molecular complexity index is 1840. The zero-order valence-electron chi connectivity index (χ0n) is 24.5. The maximum absolute atomic E-state index is 13.2. The van der Waals surface area contributed by atoms with Crippen molar-refractivity contribution in [2.75, 3.05) is 49.2 Å². The van der Waals surface area contributed by atoms with Gasteiger partial charge in [-0.25, -0.2) is 14.6 Å². The van der Waals surface area contributed by atoms with Crippen molar-refractivity contribution in [2.45, 2.75) is 6.92 Å². The van der Waals surface area contributed by atoms with E-state index in [9.17, 15) is 9.59 Å². The van der Waals surface area contributed by atoms with Gasteiger partial charge in [0.15, 0.2) is 0 Å². The average Bonchev–Trinajstić information content (AvgIpc) is 3.25. The van der Waals surface area contributed by atoms with E-state index in [0.717, 1.165) is 48.7 Å². The van der Waals surface area contributed by atoms with Gasteiger partial charge in [0.05, 0.1) is 23.3 Å². The van der Waals surface area contributed by atoms with E-state index in [1.165, 1.54) is 4.68 Å². The Morgan fingerprint density at radius 3 is 2.28 bits per heavy atom. The molecule has 0 bridgehead atoms. The minimum absolute atomic E-state index is 0.0945. The summed E-state index contributed by atoms with van der Waals surface area (Å²) in [6.07, 6.45) is 1.70. The highest BCUT2D eigenvalue weighted by molar-refractivity contribution is 6.05. The molecule has 0 saturated carbocycles. The highest BCUT2D eigenvalue weighted by atomic mass is 16.2. The van der Waals surface area contributed by atoms with Gasteiger partial charge in [-0.2, -0.15) is 0 Å². The monoisotopic (exact) mass is 574 g/mol. The van der Waals surface area contributed by atoms with Crippen molar-refractivity contribution in [2.24, 2.45) is 7.05 Å². The first kappa shape index (κ1) is 27.9. The Morgan fingerprint density at radius 2 is 1.56 bits per heavy atom. The molecule has 3 heterocycles. The van der Waals surface area contributed by atoms with E-state index in [1.807, 2.05) is 54.6 Å². The van der Waals surface area contributed by atoms with Crippen LogP contribution in [0, 0.1) is 6.92 Å². The van der Waals surface area contributed by atoms with Gasteiger partial charge in [0, 0.05) is 55.7 Å². The fraction of sp³-hybridized carbons (Fsp3) is 0.212. The quantitative estimate of drug-likeness (QED) is 0.313. The van der Waals surface area contributed by atoms with Gasteiger partial charge >= 0.3 is 0 Å². The molecule has 218 valence electrons. The number of benzene rings is 3. The number of anilines is 3. The molecular weight excluding hydrogens is 540 g/mol. The number of hydrogen-bond acceptors (Lipinski definition) is 7. The van der Waals surface area contributed by atoms with E-state index in [1.54, 1.807) is 37.0 Å². The lowest BCUT2D eigenvalue weighted by Gasteiger charge is -2.34. The Balaban J connectivity index is 1.22. The number of nitrogens with two attached hydrogens (primary N) is 1. The number of nitrogen functional groups attached to an aromatic ring is 1. The number of carbonyl (C=O) groups is 1. The van der Waals surface area contributed by atoms with Crippen LogP contribution >= 0.6 is 0 Å². The van der Waals surface area contributed by atoms with Crippen molar-refractivity contribution in [3.63, 3.8) is 0 Å². The van der Waals surface area contributed by atoms with Gasteiger partial charge in [0.2, 0.25) is 0 Å². The minimum atomic E-state index is -0.470. The van der Waals surface area contributed by atoms with Crippen LogP contribution in [0.4, 0.5) is 17.2 Å². The second kappa shape index (κ2) is 11.6. The Hall–Kier alpha value is -5.22. The van der Waals surface area contributed by atoms with Crippen molar-refractivity contribution in [1.82, 2.24) is 24.2 Å². The van der Waals surface area contributed by atoms with Gasteiger partial charge in [-0.3, -0.25) is 14.3 Å². The maximum atomic E-state index is 13.2. The van der Waals surface area contributed by atoms with Crippen molar-refractivity contribution < 1.29 is 4.79 Å². The van der Waals surface area contributed by atoms with Gasteiger partial charge in [-0.1, -0.05) is 42.5 Å². The van der Waals surface area contributed by atoms with Gasteiger partial charge in [-0.15, -0.1) is 0 Å². The molecule has 0 radical (unpaired) electrons. The van der Waals surface area contributed by atoms with Crippen LogP contribution in [0.1, 0.15) is 16.1 Å². The lowest BCUT2D eigenvalue weighted by Crippen LogP contribution is -2.44. The highest BCUT2D eigenvalue weighted by Gasteiger charge is 2.22. The molecule has 43 heavy (non-hydrogen) atoms. The van der Waals surface area contributed by atoms with Crippen LogP contribution in [-0.2, 0) is 7.05 Å². The topological polar surface area (TPSA) is 114 Å². The van der Waals surface area contributed by atoms with Gasteiger partial charge in [-0.05, 0) is 50.4 Å². The van der Waals surface area contributed by atoms with Gasteiger partial charge < -0.3 is 20.9 Å². The minimum Gasteiger partial charge on any atom is -0.382 e. The van der Waals surface area contributed by atoms with Gasteiger partial charge in [0.1, 0.15) is 17.1 Å². The van der Waals surface area contributed by atoms with E-state index in [2.05, 4.69) is 39.3 Å². The number of hydrogen-bond donors (Lipinski definition) is 2. The van der Waals surface area contributed by atoms with E-state index >= 15 is 0 Å². The summed E-state index contributed by atoms with van der Waals surface area (Å²) in [5.74, 6) is -0.154. The summed E-state index contributed by atoms with van der Waals surface area (Å²) < 4.78 is 3.17. The standard InChI is InChI=1S/C33H34N8O2/c1-22-29(33(43)41(39(22)3)26-9-5-4-6-10-26)32(42)36-25-14-12-23(13-15-25)30-31(34)35-21-28(37-30)24-8-7-11-27(20-24)40-18-16-38(2)17-19-40/h4-15,20-21H,16-19H2,1-3H3,(H2,34,35)(H,36,42). The molecule has 1 aliphatic heterocycles. The number of piperazine rings is 1. The third-order valence-corrected chi connectivity index (χ3v) is 8.01. The molecule has 1 aliphatic rings. The smallest absolute Gasteiger partial charge is 0.284 e. The number of nitrogens with zero attached hydrogens (tertiary/aromatic N) is 6. The third kappa shape index (κ3) is 5.52.